The van der Waals surface area contributed by atoms with Gasteiger partial charge in [-0.1, -0.05) is 12.1 Å². The Hall–Kier alpha value is -2.07. The average Bonchev–Trinajstić information content (AvgIpc) is 2.45. The summed E-state index contributed by atoms with van der Waals surface area (Å²) in [5.74, 6) is 1.18. The van der Waals surface area contributed by atoms with Crippen molar-refractivity contribution in [3.63, 3.8) is 0 Å². The minimum absolute atomic E-state index is 0.591. The number of hydrogen-bond acceptors (Lipinski definition) is 4. The van der Waals surface area contributed by atoms with Gasteiger partial charge in [0.05, 0.1) is 19.8 Å². The average molecular weight is 259 g/mol. The van der Waals surface area contributed by atoms with Crippen molar-refractivity contribution >= 4 is 0 Å². The van der Waals surface area contributed by atoms with E-state index in [1.807, 2.05) is 19.1 Å². The van der Waals surface area contributed by atoms with Crippen LogP contribution in [0.3, 0.4) is 0 Å². The van der Waals surface area contributed by atoms with Gasteiger partial charge in [-0.3, -0.25) is 4.98 Å². The molecule has 1 heterocycles. The summed E-state index contributed by atoms with van der Waals surface area (Å²) >= 11 is 0. The molecule has 0 aliphatic heterocycles. The monoisotopic (exact) mass is 259 g/mol. The van der Waals surface area contributed by atoms with E-state index >= 15 is 0 Å². The Morgan fingerprint density at radius 3 is 2.26 bits per heavy atom. The molecule has 0 bridgehead atoms. The fourth-order valence-electron chi connectivity index (χ4n) is 2.04. The van der Waals surface area contributed by atoms with E-state index in [-0.39, 0.29) is 0 Å². The number of aryl methyl sites for hydroxylation is 1. The molecule has 4 nitrogen and oxygen atoms in total. The first-order valence-corrected chi connectivity index (χ1v) is 5.98. The maximum atomic E-state index is 10.5. The van der Waals surface area contributed by atoms with E-state index in [0.29, 0.717) is 22.6 Å². The Morgan fingerprint density at radius 1 is 1.11 bits per heavy atom. The molecular weight excluding hydrogens is 242 g/mol. The number of aliphatic hydroxyl groups is 1. The van der Waals surface area contributed by atoms with Crippen molar-refractivity contribution < 1.29 is 14.6 Å². The van der Waals surface area contributed by atoms with Gasteiger partial charge in [-0.05, 0) is 24.6 Å². The molecule has 1 atom stereocenters. The summed E-state index contributed by atoms with van der Waals surface area (Å²) in [6, 6.07) is 7.31. The molecule has 4 heteroatoms. The number of rotatable bonds is 4. The van der Waals surface area contributed by atoms with Crippen molar-refractivity contribution in [2.45, 2.75) is 13.0 Å². The smallest absolute Gasteiger partial charge is 0.128 e. The maximum absolute atomic E-state index is 10.5. The highest BCUT2D eigenvalue weighted by molar-refractivity contribution is 5.49. The zero-order valence-corrected chi connectivity index (χ0v) is 11.3. The molecule has 0 aliphatic carbocycles. The van der Waals surface area contributed by atoms with Gasteiger partial charge in [0.2, 0.25) is 0 Å². The van der Waals surface area contributed by atoms with Crippen molar-refractivity contribution in [3.05, 3.63) is 53.3 Å². The van der Waals surface area contributed by atoms with Crippen LogP contribution < -0.4 is 9.47 Å². The van der Waals surface area contributed by atoms with E-state index in [4.69, 9.17) is 9.47 Å². The summed E-state index contributed by atoms with van der Waals surface area (Å²) in [5.41, 5.74) is 2.31. The van der Waals surface area contributed by atoms with Gasteiger partial charge in [0, 0.05) is 18.0 Å². The van der Waals surface area contributed by atoms with Crippen LogP contribution >= 0.6 is 0 Å². The Bertz CT molecular complexity index is 547. The molecule has 19 heavy (non-hydrogen) atoms. The van der Waals surface area contributed by atoms with Crippen molar-refractivity contribution in [1.82, 2.24) is 4.98 Å². The number of benzene rings is 1. The van der Waals surface area contributed by atoms with Crippen LogP contribution in [-0.2, 0) is 0 Å². The van der Waals surface area contributed by atoms with Crippen LogP contribution in [0.2, 0.25) is 0 Å². The summed E-state index contributed by atoms with van der Waals surface area (Å²) in [4.78, 5) is 4.10. The van der Waals surface area contributed by atoms with E-state index in [2.05, 4.69) is 4.98 Å². The third-order valence-electron chi connectivity index (χ3n) is 2.95. The third kappa shape index (κ3) is 2.69. The van der Waals surface area contributed by atoms with Gasteiger partial charge in [-0.15, -0.1) is 0 Å². The first-order chi connectivity index (χ1) is 9.17. The number of aromatic nitrogens is 1. The molecule has 100 valence electrons. The predicted octanol–water partition coefficient (Wildman–Crippen LogP) is 2.49. The molecule has 0 saturated heterocycles. The number of ether oxygens (including phenoxy) is 2. The van der Waals surface area contributed by atoms with Gasteiger partial charge >= 0.3 is 0 Å². The standard InChI is InChI=1S/C15H17NO3/c1-10-7-11(9-16-8-10)15(17)14-12(18-2)5-4-6-13(14)19-3/h4-9,15,17H,1-3H3. The van der Waals surface area contributed by atoms with E-state index in [1.54, 1.807) is 38.7 Å². The normalized spacial score (nSPS) is 12.0. The van der Waals surface area contributed by atoms with Crippen LogP contribution in [0, 0.1) is 6.92 Å². The molecule has 1 aromatic heterocycles. The van der Waals surface area contributed by atoms with E-state index < -0.39 is 6.10 Å². The molecule has 0 aliphatic rings. The molecule has 1 aromatic carbocycles. The van der Waals surface area contributed by atoms with E-state index in [0.717, 1.165) is 5.56 Å². The molecular formula is C15H17NO3. The quantitative estimate of drug-likeness (QED) is 0.916. The topological polar surface area (TPSA) is 51.6 Å². The van der Waals surface area contributed by atoms with Crippen LogP contribution in [0.15, 0.2) is 36.7 Å². The largest absolute Gasteiger partial charge is 0.496 e. The molecule has 1 N–H and O–H groups in total. The summed E-state index contributed by atoms with van der Waals surface area (Å²) < 4.78 is 10.6. The van der Waals surface area contributed by atoms with Gasteiger partial charge in [0.15, 0.2) is 0 Å². The second-order valence-corrected chi connectivity index (χ2v) is 4.27. The third-order valence-corrected chi connectivity index (χ3v) is 2.95. The number of pyridine rings is 1. The number of nitrogens with zero attached hydrogens (tertiary/aromatic N) is 1. The summed E-state index contributed by atoms with van der Waals surface area (Å²) in [6.45, 7) is 1.93. The molecule has 0 saturated carbocycles. The van der Waals surface area contributed by atoms with E-state index in [9.17, 15) is 5.11 Å². The highest BCUT2D eigenvalue weighted by Crippen LogP contribution is 2.37. The predicted molar refractivity (Wildman–Crippen MR) is 72.6 cm³/mol. The van der Waals surface area contributed by atoms with Crippen LogP contribution in [-0.4, -0.2) is 24.3 Å². The van der Waals surface area contributed by atoms with Gasteiger partial charge in [0.25, 0.3) is 0 Å². The van der Waals surface area contributed by atoms with Crippen LogP contribution in [0.1, 0.15) is 22.8 Å². The lowest BCUT2D eigenvalue weighted by Crippen LogP contribution is -2.05. The SMILES string of the molecule is COc1cccc(OC)c1C(O)c1cncc(C)c1. The fourth-order valence-corrected chi connectivity index (χ4v) is 2.04. The Balaban J connectivity index is 2.51. The second-order valence-electron chi connectivity index (χ2n) is 4.27. The van der Waals surface area contributed by atoms with Gasteiger partial charge in [0.1, 0.15) is 17.6 Å². The molecule has 1 unspecified atom stereocenters. The summed E-state index contributed by atoms with van der Waals surface area (Å²) in [7, 11) is 3.14. The fraction of sp³-hybridized carbons (Fsp3) is 0.267. The van der Waals surface area contributed by atoms with Crippen LogP contribution in [0.4, 0.5) is 0 Å². The molecule has 0 fully saturated rings. The summed E-state index contributed by atoms with van der Waals surface area (Å²) in [6.07, 6.45) is 2.55. The molecule has 2 aromatic rings. The van der Waals surface area contributed by atoms with Gasteiger partial charge in [-0.25, -0.2) is 0 Å². The molecule has 0 spiro atoms. The maximum Gasteiger partial charge on any atom is 0.128 e. The van der Waals surface area contributed by atoms with Crippen molar-refractivity contribution in [3.8, 4) is 11.5 Å². The highest BCUT2D eigenvalue weighted by Gasteiger charge is 2.20. The lowest BCUT2D eigenvalue weighted by atomic mass is 10.00. The van der Waals surface area contributed by atoms with Crippen LogP contribution in [0.25, 0.3) is 0 Å². The lowest BCUT2D eigenvalue weighted by Gasteiger charge is -2.18. The Kier molecular flexibility index (Phi) is 4.02. The molecule has 0 radical (unpaired) electrons. The number of aliphatic hydroxyl groups excluding tert-OH is 1. The summed E-state index contributed by atoms with van der Waals surface area (Å²) in [5, 5.41) is 10.5. The lowest BCUT2D eigenvalue weighted by molar-refractivity contribution is 0.208. The molecule has 2 rings (SSSR count). The van der Waals surface area contributed by atoms with Gasteiger partial charge in [-0.2, -0.15) is 0 Å². The first-order valence-electron chi connectivity index (χ1n) is 5.98. The minimum atomic E-state index is -0.835. The number of methoxy groups -OCH3 is 2. The highest BCUT2D eigenvalue weighted by atomic mass is 16.5. The van der Waals surface area contributed by atoms with E-state index in [1.165, 1.54) is 0 Å². The minimum Gasteiger partial charge on any atom is -0.496 e. The molecule has 0 amide bonds. The van der Waals surface area contributed by atoms with Crippen molar-refractivity contribution in [1.29, 1.82) is 0 Å². The number of hydrogen-bond donors (Lipinski definition) is 1. The van der Waals surface area contributed by atoms with Crippen LogP contribution in [0.5, 0.6) is 11.5 Å². The second kappa shape index (κ2) is 5.71. The van der Waals surface area contributed by atoms with Crippen molar-refractivity contribution in [2.75, 3.05) is 14.2 Å². The van der Waals surface area contributed by atoms with Crippen molar-refractivity contribution in [2.24, 2.45) is 0 Å². The Labute approximate surface area is 112 Å². The first kappa shape index (κ1) is 13.4. The zero-order valence-electron chi connectivity index (χ0n) is 11.3. The van der Waals surface area contributed by atoms with Gasteiger partial charge < -0.3 is 14.6 Å². The zero-order chi connectivity index (χ0) is 13.8. The Morgan fingerprint density at radius 2 is 1.74 bits per heavy atom.